The molecule has 0 N–H and O–H groups in total. The van der Waals surface area contributed by atoms with Crippen LogP contribution < -0.4 is 0 Å². The molecule has 0 spiro atoms. The van der Waals surface area contributed by atoms with Gasteiger partial charge in [-0.05, 0) is 22.3 Å². The third-order valence-electron chi connectivity index (χ3n) is 2.65. The van der Waals surface area contributed by atoms with E-state index < -0.39 is 0 Å². The predicted molar refractivity (Wildman–Crippen MR) is 82.4 cm³/mol. The summed E-state index contributed by atoms with van der Waals surface area (Å²) in [6, 6.07) is 16.5. The highest BCUT2D eigenvalue weighted by Crippen LogP contribution is 2.27. The van der Waals surface area contributed by atoms with Crippen LogP contribution >= 0.6 is 13.5 Å². The van der Waals surface area contributed by atoms with E-state index in [9.17, 15) is 0 Å². The van der Waals surface area contributed by atoms with Crippen LogP contribution in [-0.2, 0) is 0 Å². The van der Waals surface area contributed by atoms with Crippen LogP contribution in [0, 0.1) is 0 Å². The molecule has 0 aliphatic rings. The maximum Gasteiger partial charge on any atom is -0.0106 e. The topological polar surface area (TPSA) is 0 Å². The van der Waals surface area contributed by atoms with Crippen LogP contribution in [0.15, 0.2) is 61.7 Å². The molecule has 0 heterocycles. The lowest BCUT2D eigenvalue weighted by atomic mass is 9.95. The lowest BCUT2D eigenvalue weighted by Crippen LogP contribution is -1.86. The molecule has 0 bridgehead atoms. The van der Waals surface area contributed by atoms with E-state index in [0.29, 0.717) is 0 Å². The summed E-state index contributed by atoms with van der Waals surface area (Å²) >= 11 is 0. The molecule has 0 aliphatic carbocycles. The maximum absolute atomic E-state index is 3.88. The monoisotopic (exact) mass is 240 g/mol. The van der Waals surface area contributed by atoms with Crippen LogP contribution in [0.2, 0.25) is 0 Å². The largest absolute Gasteiger partial charge is 0.197 e. The molecule has 2 aromatic carbocycles. The van der Waals surface area contributed by atoms with Crippen LogP contribution in [0.1, 0.15) is 11.1 Å². The summed E-state index contributed by atoms with van der Waals surface area (Å²) in [7, 11) is 0. The molecule has 0 nitrogen and oxygen atoms in total. The average Bonchev–Trinajstić information content (AvgIpc) is 2.38. The minimum absolute atomic E-state index is 0. The van der Waals surface area contributed by atoms with Crippen LogP contribution in [0.5, 0.6) is 0 Å². The predicted octanol–water partition coefficient (Wildman–Crippen LogP) is 4.75. The molecule has 0 saturated carbocycles. The van der Waals surface area contributed by atoms with Crippen molar-refractivity contribution in [3.8, 4) is 11.1 Å². The summed E-state index contributed by atoms with van der Waals surface area (Å²) in [6.45, 7) is 7.70. The zero-order valence-corrected chi connectivity index (χ0v) is 10.7. The van der Waals surface area contributed by atoms with Gasteiger partial charge in [0, 0.05) is 0 Å². The number of rotatable bonds is 3. The van der Waals surface area contributed by atoms with Gasteiger partial charge >= 0.3 is 0 Å². The Labute approximate surface area is 110 Å². The Balaban J connectivity index is 0.00000144. The fraction of sp³-hybridized carbons (Fsp3) is 0. The third-order valence-corrected chi connectivity index (χ3v) is 2.65. The molecule has 2 aromatic rings. The molecular formula is C16H16S. The molecule has 0 saturated heterocycles. The summed E-state index contributed by atoms with van der Waals surface area (Å²) in [5.41, 5.74) is 4.68. The summed E-state index contributed by atoms with van der Waals surface area (Å²) in [4.78, 5) is 0. The second-order valence-corrected chi connectivity index (χ2v) is 3.58. The fourth-order valence-electron chi connectivity index (χ4n) is 1.86. The Morgan fingerprint density at radius 2 is 1.47 bits per heavy atom. The van der Waals surface area contributed by atoms with Gasteiger partial charge in [-0.25, -0.2) is 0 Å². The van der Waals surface area contributed by atoms with Gasteiger partial charge < -0.3 is 0 Å². The van der Waals surface area contributed by atoms with E-state index in [1.165, 1.54) is 11.1 Å². The first-order valence-corrected chi connectivity index (χ1v) is 5.30. The van der Waals surface area contributed by atoms with Gasteiger partial charge in [-0.1, -0.05) is 73.8 Å². The van der Waals surface area contributed by atoms with Crippen LogP contribution in [0.4, 0.5) is 0 Å². The Kier molecular flexibility index (Phi) is 4.80. The van der Waals surface area contributed by atoms with Crippen molar-refractivity contribution in [1.29, 1.82) is 0 Å². The Hall–Kier alpha value is -1.73. The van der Waals surface area contributed by atoms with E-state index in [-0.39, 0.29) is 13.5 Å². The van der Waals surface area contributed by atoms with Gasteiger partial charge in [-0.15, -0.1) is 0 Å². The van der Waals surface area contributed by atoms with E-state index in [2.05, 4.69) is 37.4 Å². The standard InChI is InChI=1S/C16H14.H2S/c1-3-13-11-8-12-16(15(13)4-2)14-9-6-5-7-10-14;/h3-12H,1-2H2;1H2. The van der Waals surface area contributed by atoms with Crippen molar-refractivity contribution in [2.24, 2.45) is 0 Å². The van der Waals surface area contributed by atoms with Crippen molar-refractivity contribution in [1.82, 2.24) is 0 Å². The molecule has 2 rings (SSSR count). The van der Waals surface area contributed by atoms with Gasteiger partial charge in [0.25, 0.3) is 0 Å². The molecule has 0 amide bonds. The molecular weight excluding hydrogens is 224 g/mol. The minimum atomic E-state index is 0. The quantitative estimate of drug-likeness (QED) is 0.726. The normalized spacial score (nSPS) is 9.18. The third kappa shape index (κ3) is 2.69. The van der Waals surface area contributed by atoms with Crippen LogP contribution in [0.3, 0.4) is 0 Å². The summed E-state index contributed by atoms with van der Waals surface area (Å²) in [6.07, 6.45) is 3.75. The highest BCUT2D eigenvalue weighted by atomic mass is 32.1. The summed E-state index contributed by atoms with van der Waals surface area (Å²) < 4.78 is 0. The first-order chi connectivity index (χ1) is 7.86. The summed E-state index contributed by atoms with van der Waals surface area (Å²) in [5, 5.41) is 0. The zero-order chi connectivity index (χ0) is 11.4. The van der Waals surface area contributed by atoms with E-state index >= 15 is 0 Å². The van der Waals surface area contributed by atoms with Gasteiger partial charge in [0.2, 0.25) is 0 Å². The average molecular weight is 240 g/mol. The smallest absolute Gasteiger partial charge is 0.0106 e. The molecule has 17 heavy (non-hydrogen) atoms. The molecule has 0 atom stereocenters. The van der Waals surface area contributed by atoms with Crippen molar-refractivity contribution < 1.29 is 0 Å². The Bertz CT molecular complexity index is 512. The molecule has 0 aromatic heterocycles. The van der Waals surface area contributed by atoms with Gasteiger partial charge in [0.1, 0.15) is 0 Å². The first-order valence-electron chi connectivity index (χ1n) is 5.30. The van der Waals surface area contributed by atoms with E-state index in [0.717, 1.165) is 11.1 Å². The van der Waals surface area contributed by atoms with Crippen molar-refractivity contribution >= 4 is 25.6 Å². The van der Waals surface area contributed by atoms with E-state index in [1.54, 1.807) is 0 Å². The molecule has 0 fully saturated rings. The van der Waals surface area contributed by atoms with Crippen molar-refractivity contribution in [3.63, 3.8) is 0 Å². The maximum atomic E-state index is 3.88. The lowest BCUT2D eigenvalue weighted by molar-refractivity contribution is 1.57. The van der Waals surface area contributed by atoms with Gasteiger partial charge in [0.15, 0.2) is 0 Å². The molecule has 1 heteroatoms. The second kappa shape index (κ2) is 6.12. The van der Waals surface area contributed by atoms with Crippen LogP contribution in [-0.4, -0.2) is 0 Å². The Morgan fingerprint density at radius 1 is 0.765 bits per heavy atom. The number of hydrogen-bond acceptors (Lipinski definition) is 0. The molecule has 0 unspecified atom stereocenters. The highest BCUT2D eigenvalue weighted by Gasteiger charge is 2.04. The molecule has 0 aliphatic heterocycles. The van der Waals surface area contributed by atoms with E-state index in [4.69, 9.17) is 0 Å². The van der Waals surface area contributed by atoms with Gasteiger partial charge in [0.05, 0.1) is 0 Å². The van der Waals surface area contributed by atoms with Crippen molar-refractivity contribution in [3.05, 3.63) is 72.8 Å². The second-order valence-electron chi connectivity index (χ2n) is 3.58. The molecule has 0 radical (unpaired) electrons. The summed E-state index contributed by atoms with van der Waals surface area (Å²) in [5.74, 6) is 0. The first kappa shape index (κ1) is 13.3. The van der Waals surface area contributed by atoms with Crippen LogP contribution in [0.25, 0.3) is 23.3 Å². The van der Waals surface area contributed by atoms with Gasteiger partial charge in [-0.2, -0.15) is 13.5 Å². The SMILES string of the molecule is C=Cc1cccc(-c2ccccc2)c1C=C.S. The fourth-order valence-corrected chi connectivity index (χ4v) is 1.86. The van der Waals surface area contributed by atoms with E-state index in [1.807, 2.05) is 36.4 Å². The molecule has 86 valence electrons. The number of hydrogen-bond donors (Lipinski definition) is 0. The Morgan fingerprint density at radius 3 is 2.06 bits per heavy atom. The zero-order valence-electron chi connectivity index (χ0n) is 9.69. The number of benzene rings is 2. The van der Waals surface area contributed by atoms with Gasteiger partial charge in [-0.3, -0.25) is 0 Å². The van der Waals surface area contributed by atoms with Crippen molar-refractivity contribution in [2.45, 2.75) is 0 Å². The highest BCUT2D eigenvalue weighted by molar-refractivity contribution is 7.59. The minimum Gasteiger partial charge on any atom is -0.197 e. The van der Waals surface area contributed by atoms with Crippen molar-refractivity contribution in [2.75, 3.05) is 0 Å². The lowest BCUT2D eigenvalue weighted by Gasteiger charge is -2.09.